The molecule has 0 saturated carbocycles. The summed E-state index contributed by atoms with van der Waals surface area (Å²) in [6.45, 7) is 4.24. The minimum absolute atomic E-state index is 0.701. The zero-order chi connectivity index (χ0) is 14.2. The van der Waals surface area contributed by atoms with Crippen LogP contribution in [0.4, 0.5) is 0 Å². The molecule has 0 aromatic heterocycles. The first-order valence-corrected chi connectivity index (χ1v) is 7.45. The van der Waals surface area contributed by atoms with Gasteiger partial charge >= 0.3 is 0 Å². The van der Waals surface area contributed by atoms with Crippen molar-refractivity contribution in [3.63, 3.8) is 0 Å². The molecular weight excluding hydrogens is 244 g/mol. The lowest BCUT2D eigenvalue weighted by molar-refractivity contribution is 0.0189. The monoisotopic (exact) mass is 266 g/mol. The second kappa shape index (κ2) is 5.06. The second-order valence-electron chi connectivity index (χ2n) is 6.15. The molecule has 0 heterocycles. The van der Waals surface area contributed by atoms with Crippen LogP contribution in [-0.4, -0.2) is 5.11 Å². The molecule has 2 aromatic carbocycles. The number of rotatable bonds is 2. The van der Waals surface area contributed by atoms with Crippen molar-refractivity contribution in [3.8, 4) is 0 Å². The molecule has 1 unspecified atom stereocenters. The van der Waals surface area contributed by atoms with Crippen molar-refractivity contribution in [3.05, 3.63) is 70.3 Å². The maximum Gasteiger partial charge on any atom is 0.0939 e. The van der Waals surface area contributed by atoms with Gasteiger partial charge in [0.2, 0.25) is 0 Å². The average Bonchev–Trinajstić information content (AvgIpc) is 2.43. The highest BCUT2D eigenvalue weighted by atomic mass is 16.3. The Bertz CT molecular complexity index is 629. The van der Waals surface area contributed by atoms with E-state index in [2.05, 4.69) is 50.2 Å². The van der Waals surface area contributed by atoms with E-state index in [0.717, 1.165) is 31.2 Å². The molecule has 0 aliphatic heterocycles. The molecule has 1 heteroatoms. The van der Waals surface area contributed by atoms with E-state index < -0.39 is 5.60 Å². The van der Waals surface area contributed by atoms with Gasteiger partial charge in [0, 0.05) is 6.42 Å². The Kier molecular flexibility index (Phi) is 3.39. The SMILES string of the molecule is Cc1ccc(C)c(CC2(O)CCCc3ccccc32)c1. The summed E-state index contributed by atoms with van der Waals surface area (Å²) in [7, 11) is 0. The second-order valence-corrected chi connectivity index (χ2v) is 6.15. The summed E-state index contributed by atoms with van der Waals surface area (Å²) in [6.07, 6.45) is 3.73. The van der Waals surface area contributed by atoms with Crippen LogP contribution < -0.4 is 0 Å². The molecule has 0 saturated heterocycles. The van der Waals surface area contributed by atoms with Crippen molar-refractivity contribution in [2.45, 2.75) is 45.1 Å². The lowest BCUT2D eigenvalue weighted by Gasteiger charge is -2.35. The first-order valence-electron chi connectivity index (χ1n) is 7.45. The van der Waals surface area contributed by atoms with Gasteiger partial charge in [-0.3, -0.25) is 0 Å². The molecule has 1 aliphatic carbocycles. The van der Waals surface area contributed by atoms with E-state index in [1.54, 1.807) is 0 Å². The zero-order valence-corrected chi connectivity index (χ0v) is 12.3. The van der Waals surface area contributed by atoms with Gasteiger partial charge in [-0.1, -0.05) is 48.0 Å². The first kappa shape index (κ1) is 13.4. The molecule has 1 nitrogen and oxygen atoms in total. The fraction of sp³-hybridized carbons (Fsp3) is 0.368. The molecule has 20 heavy (non-hydrogen) atoms. The molecule has 104 valence electrons. The Morgan fingerprint density at radius 3 is 2.75 bits per heavy atom. The fourth-order valence-electron chi connectivity index (χ4n) is 3.39. The van der Waals surface area contributed by atoms with E-state index in [0.29, 0.717) is 0 Å². The molecular formula is C19H22O. The number of benzene rings is 2. The molecule has 2 aromatic rings. The van der Waals surface area contributed by atoms with Crippen LogP contribution in [0.5, 0.6) is 0 Å². The summed E-state index contributed by atoms with van der Waals surface area (Å²) in [5, 5.41) is 11.2. The lowest BCUT2D eigenvalue weighted by atomic mass is 9.75. The molecule has 0 radical (unpaired) electrons. The average molecular weight is 266 g/mol. The van der Waals surface area contributed by atoms with Gasteiger partial charge in [-0.05, 0) is 55.4 Å². The van der Waals surface area contributed by atoms with Crippen LogP contribution in [-0.2, 0) is 18.4 Å². The maximum absolute atomic E-state index is 11.2. The molecule has 1 atom stereocenters. The lowest BCUT2D eigenvalue weighted by Crippen LogP contribution is -2.33. The summed E-state index contributed by atoms with van der Waals surface area (Å²) in [5.41, 5.74) is 5.54. The quantitative estimate of drug-likeness (QED) is 0.868. The predicted molar refractivity (Wildman–Crippen MR) is 82.9 cm³/mol. The van der Waals surface area contributed by atoms with E-state index >= 15 is 0 Å². The largest absolute Gasteiger partial charge is 0.385 e. The van der Waals surface area contributed by atoms with Gasteiger partial charge in [-0.15, -0.1) is 0 Å². The number of hydrogen-bond donors (Lipinski definition) is 1. The highest BCUT2D eigenvalue weighted by Crippen LogP contribution is 2.38. The molecule has 0 bridgehead atoms. The Balaban J connectivity index is 2.00. The highest BCUT2D eigenvalue weighted by Gasteiger charge is 2.34. The van der Waals surface area contributed by atoms with E-state index in [1.165, 1.54) is 22.3 Å². The van der Waals surface area contributed by atoms with E-state index in [1.807, 2.05) is 6.07 Å². The number of fused-ring (bicyclic) bond motifs is 1. The smallest absolute Gasteiger partial charge is 0.0939 e. The Morgan fingerprint density at radius 2 is 1.90 bits per heavy atom. The summed E-state index contributed by atoms with van der Waals surface area (Å²) >= 11 is 0. The molecule has 0 fully saturated rings. The fourth-order valence-corrected chi connectivity index (χ4v) is 3.39. The third-order valence-electron chi connectivity index (χ3n) is 4.54. The predicted octanol–water partition coefficient (Wildman–Crippen LogP) is 4.07. The van der Waals surface area contributed by atoms with E-state index in [9.17, 15) is 5.11 Å². The maximum atomic E-state index is 11.2. The summed E-state index contributed by atoms with van der Waals surface area (Å²) < 4.78 is 0. The van der Waals surface area contributed by atoms with E-state index in [4.69, 9.17) is 0 Å². The van der Waals surface area contributed by atoms with Crippen LogP contribution in [0.1, 0.15) is 40.7 Å². The third kappa shape index (κ3) is 2.38. The van der Waals surface area contributed by atoms with Crippen molar-refractivity contribution < 1.29 is 5.11 Å². The highest BCUT2D eigenvalue weighted by molar-refractivity contribution is 5.38. The van der Waals surface area contributed by atoms with Gasteiger partial charge in [-0.2, -0.15) is 0 Å². The van der Waals surface area contributed by atoms with Crippen molar-refractivity contribution in [2.24, 2.45) is 0 Å². The molecule has 3 rings (SSSR count). The van der Waals surface area contributed by atoms with Gasteiger partial charge in [0.15, 0.2) is 0 Å². The van der Waals surface area contributed by atoms with Gasteiger partial charge in [0.1, 0.15) is 0 Å². The normalized spacial score (nSPS) is 21.6. The molecule has 1 N–H and O–H groups in total. The number of aliphatic hydroxyl groups is 1. The van der Waals surface area contributed by atoms with Gasteiger partial charge in [0.25, 0.3) is 0 Å². The van der Waals surface area contributed by atoms with Crippen LogP contribution in [0.25, 0.3) is 0 Å². The summed E-state index contributed by atoms with van der Waals surface area (Å²) in [6, 6.07) is 14.9. The summed E-state index contributed by atoms with van der Waals surface area (Å²) in [5.74, 6) is 0. The van der Waals surface area contributed by atoms with Crippen LogP contribution in [0, 0.1) is 13.8 Å². The van der Waals surface area contributed by atoms with Crippen molar-refractivity contribution >= 4 is 0 Å². The van der Waals surface area contributed by atoms with Gasteiger partial charge in [0.05, 0.1) is 5.60 Å². The molecule has 0 amide bonds. The van der Waals surface area contributed by atoms with Gasteiger partial charge in [-0.25, -0.2) is 0 Å². The van der Waals surface area contributed by atoms with Gasteiger partial charge < -0.3 is 5.11 Å². The minimum atomic E-state index is -0.701. The van der Waals surface area contributed by atoms with Crippen molar-refractivity contribution in [2.75, 3.05) is 0 Å². The molecule has 0 spiro atoms. The number of aryl methyl sites for hydroxylation is 3. The Hall–Kier alpha value is -1.60. The Morgan fingerprint density at radius 1 is 1.10 bits per heavy atom. The van der Waals surface area contributed by atoms with Crippen LogP contribution in [0.2, 0.25) is 0 Å². The zero-order valence-electron chi connectivity index (χ0n) is 12.3. The van der Waals surface area contributed by atoms with Crippen molar-refractivity contribution in [1.82, 2.24) is 0 Å². The summed E-state index contributed by atoms with van der Waals surface area (Å²) in [4.78, 5) is 0. The topological polar surface area (TPSA) is 20.2 Å². The third-order valence-corrected chi connectivity index (χ3v) is 4.54. The van der Waals surface area contributed by atoms with Crippen LogP contribution in [0.3, 0.4) is 0 Å². The van der Waals surface area contributed by atoms with E-state index in [-0.39, 0.29) is 0 Å². The van der Waals surface area contributed by atoms with Crippen LogP contribution >= 0.6 is 0 Å². The van der Waals surface area contributed by atoms with Crippen molar-refractivity contribution in [1.29, 1.82) is 0 Å². The number of hydrogen-bond acceptors (Lipinski definition) is 1. The Labute approximate surface area is 121 Å². The van der Waals surface area contributed by atoms with Crippen LogP contribution in [0.15, 0.2) is 42.5 Å². The minimum Gasteiger partial charge on any atom is -0.385 e. The molecule has 1 aliphatic rings. The standard InChI is InChI=1S/C19H22O/c1-14-9-10-15(2)17(12-14)13-19(20)11-5-7-16-6-3-4-8-18(16)19/h3-4,6,8-10,12,20H,5,7,11,13H2,1-2H3. The first-order chi connectivity index (χ1) is 9.58.